The van der Waals surface area contributed by atoms with Crippen molar-refractivity contribution in [3.05, 3.63) is 0 Å². The predicted octanol–water partition coefficient (Wildman–Crippen LogP) is 2.87. The molecule has 1 saturated heterocycles. The van der Waals surface area contributed by atoms with Gasteiger partial charge in [-0.15, -0.1) is 0 Å². The summed E-state index contributed by atoms with van der Waals surface area (Å²) in [7, 11) is 0. The topological polar surface area (TPSA) is 29.3 Å². The van der Waals surface area contributed by atoms with Gasteiger partial charge in [0.25, 0.3) is 0 Å². The summed E-state index contributed by atoms with van der Waals surface area (Å²) >= 11 is 0. The summed E-state index contributed by atoms with van der Waals surface area (Å²) in [6.07, 6.45) is 5.22. The van der Waals surface area contributed by atoms with E-state index in [9.17, 15) is 0 Å². The average molecular weight is 226 g/mol. The Balaban J connectivity index is 2.77. The normalized spacial score (nSPS) is 18.9. The zero-order valence-corrected chi connectivity index (χ0v) is 11.6. The fourth-order valence-electron chi connectivity index (χ4n) is 3.35. The molecule has 0 aromatic carbocycles. The molecule has 1 rings (SSSR count). The number of hydrogen-bond donors (Lipinski definition) is 1. The van der Waals surface area contributed by atoms with Gasteiger partial charge in [0.1, 0.15) is 0 Å². The summed E-state index contributed by atoms with van der Waals surface area (Å²) in [6, 6.07) is 0. The molecule has 96 valence electrons. The highest BCUT2D eigenvalue weighted by Gasteiger charge is 2.37. The molecule has 1 aliphatic rings. The minimum Gasteiger partial charge on any atom is -0.329 e. The Kier molecular flexibility index (Phi) is 5.26. The van der Waals surface area contributed by atoms with Crippen molar-refractivity contribution in [3.8, 4) is 0 Å². The maximum Gasteiger partial charge on any atom is 0.0336 e. The maximum absolute atomic E-state index is 6.14. The highest BCUT2D eigenvalue weighted by molar-refractivity contribution is 4.95. The van der Waals surface area contributed by atoms with Crippen molar-refractivity contribution < 1.29 is 0 Å². The molecule has 0 saturated carbocycles. The predicted molar refractivity (Wildman–Crippen MR) is 71.5 cm³/mol. The van der Waals surface area contributed by atoms with Crippen LogP contribution in [0.4, 0.5) is 0 Å². The quantitative estimate of drug-likeness (QED) is 0.754. The molecule has 0 radical (unpaired) electrons. The van der Waals surface area contributed by atoms with Gasteiger partial charge in [-0.05, 0) is 50.6 Å². The van der Waals surface area contributed by atoms with E-state index in [4.69, 9.17) is 5.73 Å². The maximum atomic E-state index is 6.14. The molecule has 0 spiro atoms. The fraction of sp³-hybridized carbons (Fsp3) is 1.00. The first-order valence-corrected chi connectivity index (χ1v) is 6.95. The van der Waals surface area contributed by atoms with Crippen molar-refractivity contribution in [2.45, 2.75) is 58.9 Å². The van der Waals surface area contributed by atoms with Crippen molar-refractivity contribution in [1.82, 2.24) is 4.90 Å². The molecular weight excluding hydrogens is 196 g/mol. The number of likely N-dealkylation sites (tertiary alicyclic amines) is 1. The zero-order chi connectivity index (χ0) is 12.2. The lowest BCUT2D eigenvalue weighted by atomic mass is 9.80. The van der Waals surface area contributed by atoms with Crippen LogP contribution >= 0.6 is 0 Å². The summed E-state index contributed by atoms with van der Waals surface area (Å²) in [4.78, 5) is 2.67. The third-order valence-electron chi connectivity index (χ3n) is 3.73. The molecule has 0 amide bonds. The van der Waals surface area contributed by atoms with E-state index < -0.39 is 0 Å². The van der Waals surface area contributed by atoms with Gasteiger partial charge < -0.3 is 5.73 Å². The molecule has 0 aromatic heterocycles. The van der Waals surface area contributed by atoms with E-state index in [1.807, 2.05) is 0 Å². The van der Waals surface area contributed by atoms with Crippen LogP contribution in [0.5, 0.6) is 0 Å². The van der Waals surface area contributed by atoms with Gasteiger partial charge in [-0.3, -0.25) is 4.90 Å². The van der Waals surface area contributed by atoms with Crippen molar-refractivity contribution >= 4 is 0 Å². The van der Waals surface area contributed by atoms with Crippen LogP contribution in [0.15, 0.2) is 0 Å². The van der Waals surface area contributed by atoms with Gasteiger partial charge in [-0.1, -0.05) is 27.7 Å². The number of hydrogen-bond acceptors (Lipinski definition) is 2. The Morgan fingerprint density at radius 2 is 1.44 bits per heavy atom. The molecule has 2 N–H and O–H groups in total. The smallest absolute Gasteiger partial charge is 0.0336 e. The molecule has 0 aromatic rings. The van der Waals surface area contributed by atoms with Gasteiger partial charge in [0.05, 0.1) is 0 Å². The second-order valence-corrected chi connectivity index (χ2v) is 6.32. The van der Waals surface area contributed by atoms with Crippen LogP contribution in [0, 0.1) is 11.8 Å². The molecule has 0 aliphatic carbocycles. The van der Waals surface area contributed by atoms with Gasteiger partial charge in [0.15, 0.2) is 0 Å². The van der Waals surface area contributed by atoms with Gasteiger partial charge >= 0.3 is 0 Å². The zero-order valence-electron chi connectivity index (χ0n) is 11.6. The molecule has 2 heteroatoms. The van der Waals surface area contributed by atoms with E-state index in [2.05, 4.69) is 32.6 Å². The standard InChI is InChI=1S/C14H30N2/c1-12(2)9-14(11-15,10-13(3)4)16-7-5-6-8-16/h12-13H,5-11,15H2,1-4H3. The van der Waals surface area contributed by atoms with Crippen LogP contribution in [0.3, 0.4) is 0 Å². The summed E-state index contributed by atoms with van der Waals surface area (Å²) in [5, 5.41) is 0. The lowest BCUT2D eigenvalue weighted by molar-refractivity contribution is 0.0764. The molecule has 0 bridgehead atoms. The van der Waals surface area contributed by atoms with E-state index in [1.54, 1.807) is 0 Å². The SMILES string of the molecule is CC(C)CC(CN)(CC(C)C)N1CCCC1. The van der Waals surface area contributed by atoms with Crippen LogP contribution < -0.4 is 5.73 Å². The van der Waals surface area contributed by atoms with Crippen molar-refractivity contribution in [2.24, 2.45) is 17.6 Å². The first-order valence-electron chi connectivity index (χ1n) is 6.95. The van der Waals surface area contributed by atoms with Gasteiger partial charge in [-0.25, -0.2) is 0 Å². The lowest BCUT2D eigenvalue weighted by Crippen LogP contribution is -2.54. The Hall–Kier alpha value is -0.0800. The summed E-state index contributed by atoms with van der Waals surface area (Å²) < 4.78 is 0. The van der Waals surface area contributed by atoms with Crippen molar-refractivity contribution in [1.29, 1.82) is 0 Å². The van der Waals surface area contributed by atoms with Crippen molar-refractivity contribution in [3.63, 3.8) is 0 Å². The molecule has 1 heterocycles. The van der Waals surface area contributed by atoms with Crippen LogP contribution in [-0.2, 0) is 0 Å². The van der Waals surface area contributed by atoms with E-state index >= 15 is 0 Å². The minimum absolute atomic E-state index is 0.277. The van der Waals surface area contributed by atoms with E-state index in [0.717, 1.165) is 18.4 Å². The van der Waals surface area contributed by atoms with E-state index in [1.165, 1.54) is 38.8 Å². The van der Waals surface area contributed by atoms with Crippen LogP contribution in [0.2, 0.25) is 0 Å². The van der Waals surface area contributed by atoms with Crippen LogP contribution in [-0.4, -0.2) is 30.1 Å². The highest BCUT2D eigenvalue weighted by Crippen LogP contribution is 2.33. The largest absolute Gasteiger partial charge is 0.329 e. The number of nitrogens with two attached hydrogens (primary N) is 1. The molecule has 1 fully saturated rings. The first kappa shape index (κ1) is 14.0. The highest BCUT2D eigenvalue weighted by atomic mass is 15.2. The van der Waals surface area contributed by atoms with E-state index in [-0.39, 0.29) is 5.54 Å². The minimum atomic E-state index is 0.277. The second kappa shape index (κ2) is 6.02. The summed E-state index contributed by atoms with van der Waals surface area (Å²) in [6.45, 7) is 12.6. The fourth-order valence-corrected chi connectivity index (χ4v) is 3.35. The van der Waals surface area contributed by atoms with Gasteiger partial charge in [0, 0.05) is 12.1 Å². The molecular formula is C14H30N2. The first-order chi connectivity index (χ1) is 7.50. The lowest BCUT2D eigenvalue weighted by Gasteiger charge is -2.44. The Morgan fingerprint density at radius 3 is 1.75 bits per heavy atom. The van der Waals surface area contributed by atoms with Crippen LogP contribution in [0.1, 0.15) is 53.4 Å². The molecule has 0 atom stereocenters. The molecule has 2 nitrogen and oxygen atoms in total. The molecule has 0 unspecified atom stereocenters. The molecule has 1 aliphatic heterocycles. The van der Waals surface area contributed by atoms with E-state index in [0.29, 0.717) is 0 Å². The Bertz CT molecular complexity index is 183. The number of rotatable bonds is 6. The molecule has 16 heavy (non-hydrogen) atoms. The monoisotopic (exact) mass is 226 g/mol. The van der Waals surface area contributed by atoms with Gasteiger partial charge in [-0.2, -0.15) is 0 Å². The summed E-state index contributed by atoms with van der Waals surface area (Å²) in [5.74, 6) is 1.48. The summed E-state index contributed by atoms with van der Waals surface area (Å²) in [5.41, 5.74) is 6.42. The third-order valence-corrected chi connectivity index (χ3v) is 3.73. The average Bonchev–Trinajstić information content (AvgIpc) is 2.68. The van der Waals surface area contributed by atoms with Crippen LogP contribution in [0.25, 0.3) is 0 Å². The van der Waals surface area contributed by atoms with Gasteiger partial charge in [0.2, 0.25) is 0 Å². The second-order valence-electron chi connectivity index (χ2n) is 6.32. The van der Waals surface area contributed by atoms with Crippen molar-refractivity contribution in [2.75, 3.05) is 19.6 Å². The Morgan fingerprint density at radius 1 is 1.00 bits per heavy atom. The third kappa shape index (κ3) is 3.46. The number of nitrogens with zero attached hydrogens (tertiary/aromatic N) is 1. The Labute approximate surface area is 102 Å².